The van der Waals surface area contributed by atoms with E-state index in [9.17, 15) is 5.11 Å². The fourth-order valence-electron chi connectivity index (χ4n) is 2.21. The minimum absolute atomic E-state index is 0. The van der Waals surface area contributed by atoms with Crippen LogP contribution in [0.4, 0.5) is 0 Å². The van der Waals surface area contributed by atoms with Crippen molar-refractivity contribution in [2.24, 2.45) is 0 Å². The summed E-state index contributed by atoms with van der Waals surface area (Å²) in [5, 5.41) is 10.4. The Balaban J connectivity index is 0. The molecule has 21 heavy (non-hydrogen) atoms. The van der Waals surface area contributed by atoms with Crippen LogP contribution >= 0.6 is 0 Å². The van der Waals surface area contributed by atoms with E-state index in [2.05, 4.69) is 40.9 Å². The number of benzene rings is 1. The third-order valence-corrected chi connectivity index (χ3v) is 2.80. The Kier molecular flexibility index (Phi) is 11.6. The van der Waals surface area contributed by atoms with Crippen LogP contribution in [0.25, 0.3) is 0 Å². The normalized spacial score (nSPS) is 10.7. The molecule has 0 aliphatic carbocycles. The van der Waals surface area contributed by atoms with E-state index >= 15 is 0 Å². The van der Waals surface area contributed by atoms with Crippen molar-refractivity contribution < 1.29 is 40.1 Å². The topological polar surface area (TPSA) is 60.0 Å². The first kappa shape index (κ1) is 23.1. The summed E-state index contributed by atoms with van der Waals surface area (Å²) in [4.78, 5) is 6.30. The summed E-state index contributed by atoms with van der Waals surface area (Å²) < 4.78 is 0. The van der Waals surface area contributed by atoms with E-state index in [0.29, 0.717) is 5.75 Å². The van der Waals surface area contributed by atoms with Gasteiger partial charge < -0.3 is 25.3 Å². The molecule has 1 aromatic rings. The average Bonchev–Trinajstić information content (AvgIpc) is 2.22. The summed E-state index contributed by atoms with van der Waals surface area (Å²) in [5.74, 6) is 0.435. The van der Waals surface area contributed by atoms with E-state index in [1.807, 2.05) is 28.2 Å². The third-order valence-electron chi connectivity index (χ3n) is 2.80. The molecule has 2 N–H and O–H groups in total. The summed E-state index contributed by atoms with van der Waals surface area (Å²) in [6.07, 6.45) is 0. The molecular formula is C15H28N3NaO2. The van der Waals surface area contributed by atoms with Crippen molar-refractivity contribution in [1.82, 2.24) is 14.7 Å². The van der Waals surface area contributed by atoms with Crippen LogP contribution < -0.4 is 29.6 Å². The summed E-state index contributed by atoms with van der Waals surface area (Å²) in [6.45, 7) is 2.40. The van der Waals surface area contributed by atoms with Gasteiger partial charge in [0.25, 0.3) is 0 Å². The molecule has 1 rings (SSSR count). The van der Waals surface area contributed by atoms with Gasteiger partial charge in [0.05, 0.1) is 0 Å². The molecule has 0 saturated heterocycles. The van der Waals surface area contributed by atoms with Crippen LogP contribution in [-0.2, 0) is 19.6 Å². The number of nitrogens with zero attached hydrogens (tertiary/aromatic N) is 3. The van der Waals surface area contributed by atoms with E-state index in [-0.39, 0.29) is 35.0 Å². The van der Waals surface area contributed by atoms with Crippen molar-refractivity contribution in [2.45, 2.75) is 19.6 Å². The average molecular weight is 305 g/mol. The maximum atomic E-state index is 10.4. The number of hydrogen-bond donors (Lipinski definition) is 1. The largest absolute Gasteiger partial charge is 1.00 e. The monoisotopic (exact) mass is 305 g/mol. The first-order valence-electron chi connectivity index (χ1n) is 6.57. The molecule has 0 spiro atoms. The van der Waals surface area contributed by atoms with Crippen LogP contribution in [-0.4, -0.2) is 67.6 Å². The molecular weight excluding hydrogens is 277 g/mol. The molecule has 0 unspecified atom stereocenters. The minimum atomic E-state index is 0. The van der Waals surface area contributed by atoms with Crippen molar-refractivity contribution in [2.75, 3.05) is 42.3 Å². The van der Waals surface area contributed by atoms with Gasteiger partial charge in [-0.05, 0) is 60.0 Å². The van der Waals surface area contributed by atoms with Gasteiger partial charge in [0.2, 0.25) is 0 Å². The molecule has 0 radical (unpaired) electrons. The third kappa shape index (κ3) is 8.16. The predicted molar refractivity (Wildman–Crippen MR) is 82.2 cm³/mol. The Bertz CT molecular complexity index is 392. The molecule has 0 aromatic heterocycles. The summed E-state index contributed by atoms with van der Waals surface area (Å²) in [6, 6.07) is 4.21. The molecule has 0 atom stereocenters. The van der Waals surface area contributed by atoms with Crippen LogP contribution in [0.1, 0.15) is 16.7 Å². The van der Waals surface area contributed by atoms with Gasteiger partial charge in [-0.2, -0.15) is 0 Å². The molecule has 0 fully saturated rings. The Morgan fingerprint density at radius 2 is 1.10 bits per heavy atom. The number of aromatic hydroxyl groups is 1. The molecule has 0 bridgehead atoms. The first-order chi connectivity index (χ1) is 8.79. The van der Waals surface area contributed by atoms with Gasteiger partial charge in [0.1, 0.15) is 5.75 Å². The second kappa shape index (κ2) is 10.6. The second-order valence-corrected chi connectivity index (χ2v) is 5.98. The van der Waals surface area contributed by atoms with Crippen molar-refractivity contribution in [3.05, 3.63) is 28.8 Å². The van der Waals surface area contributed by atoms with Crippen molar-refractivity contribution in [3.8, 4) is 5.75 Å². The minimum Gasteiger partial charge on any atom is -0.870 e. The fourth-order valence-corrected chi connectivity index (χ4v) is 2.21. The quantitative estimate of drug-likeness (QED) is 0.642. The van der Waals surface area contributed by atoms with Crippen LogP contribution in [0.2, 0.25) is 0 Å². The fraction of sp³-hybridized carbons (Fsp3) is 0.600. The first-order valence-corrected chi connectivity index (χ1v) is 6.57. The maximum absolute atomic E-state index is 10.4. The van der Waals surface area contributed by atoms with Gasteiger partial charge in [0.15, 0.2) is 0 Å². The van der Waals surface area contributed by atoms with E-state index in [1.54, 1.807) is 0 Å². The van der Waals surface area contributed by atoms with Gasteiger partial charge in [-0.3, -0.25) is 0 Å². The van der Waals surface area contributed by atoms with E-state index in [1.165, 1.54) is 5.56 Å². The van der Waals surface area contributed by atoms with Crippen LogP contribution in [0, 0.1) is 0 Å². The number of phenolic OH excluding ortho intramolecular Hbond substituents is 1. The van der Waals surface area contributed by atoms with Crippen LogP contribution in [0.15, 0.2) is 12.1 Å². The zero-order valence-electron chi connectivity index (χ0n) is 14.5. The molecule has 0 aliphatic heterocycles. The van der Waals surface area contributed by atoms with Gasteiger partial charge in [-0.1, -0.05) is 0 Å². The smallest absolute Gasteiger partial charge is 0.870 e. The SMILES string of the molecule is CN(C)Cc1cc(CN(C)C)c(O)c(CN(C)C)c1.[Na+].[OH-]. The van der Waals surface area contributed by atoms with Gasteiger partial charge in [0, 0.05) is 30.8 Å². The summed E-state index contributed by atoms with van der Waals surface area (Å²) in [5.41, 5.74) is 3.25. The van der Waals surface area contributed by atoms with Crippen LogP contribution in [0.3, 0.4) is 0 Å². The molecule has 0 heterocycles. The van der Waals surface area contributed by atoms with Crippen LogP contribution in [0.5, 0.6) is 5.75 Å². The summed E-state index contributed by atoms with van der Waals surface area (Å²) in [7, 11) is 12.2. The van der Waals surface area contributed by atoms with Gasteiger partial charge >= 0.3 is 29.6 Å². The van der Waals surface area contributed by atoms with Gasteiger partial charge in [-0.25, -0.2) is 0 Å². The Labute approximate surface area is 151 Å². The Hall–Kier alpha value is -0.140. The molecule has 116 valence electrons. The number of rotatable bonds is 6. The second-order valence-electron chi connectivity index (χ2n) is 5.98. The summed E-state index contributed by atoms with van der Waals surface area (Å²) >= 11 is 0. The van der Waals surface area contributed by atoms with Crippen molar-refractivity contribution >= 4 is 0 Å². The number of hydrogen-bond acceptors (Lipinski definition) is 5. The molecule has 6 heteroatoms. The zero-order valence-corrected chi connectivity index (χ0v) is 16.5. The van der Waals surface area contributed by atoms with E-state index in [0.717, 1.165) is 30.8 Å². The van der Waals surface area contributed by atoms with Crippen molar-refractivity contribution in [3.63, 3.8) is 0 Å². The Morgan fingerprint density at radius 1 is 0.762 bits per heavy atom. The van der Waals surface area contributed by atoms with E-state index < -0.39 is 0 Å². The molecule has 0 amide bonds. The number of phenols is 1. The Morgan fingerprint density at radius 3 is 1.38 bits per heavy atom. The molecule has 0 saturated carbocycles. The molecule has 0 aliphatic rings. The zero-order chi connectivity index (χ0) is 14.6. The van der Waals surface area contributed by atoms with Crippen molar-refractivity contribution in [1.29, 1.82) is 0 Å². The predicted octanol–water partition coefficient (Wildman–Crippen LogP) is -1.60. The standard InChI is InChI=1S/C15H27N3O.Na.H2O/c1-16(2)9-12-7-13(10-17(3)4)15(19)14(8-12)11-18(5)6;;/h7-8,19H,9-11H2,1-6H3;;1H2/q;+1;/p-1. The van der Waals surface area contributed by atoms with Gasteiger partial charge in [-0.15, -0.1) is 0 Å². The molecule has 1 aromatic carbocycles. The van der Waals surface area contributed by atoms with E-state index in [4.69, 9.17) is 0 Å². The maximum Gasteiger partial charge on any atom is 1.00 e. The molecule has 5 nitrogen and oxygen atoms in total.